The molecule has 3 atom stereocenters. The van der Waals surface area contributed by atoms with E-state index in [0.717, 1.165) is 24.2 Å². The van der Waals surface area contributed by atoms with Crippen LogP contribution in [0.1, 0.15) is 51.4 Å². The highest BCUT2D eigenvalue weighted by Gasteiger charge is 2.69. The molecular weight excluding hydrogens is 234 g/mol. The molecular formula is C17H23NO. The van der Waals surface area contributed by atoms with Crippen molar-refractivity contribution in [3.8, 4) is 0 Å². The van der Waals surface area contributed by atoms with Crippen molar-refractivity contribution in [1.82, 2.24) is 4.98 Å². The van der Waals surface area contributed by atoms with Crippen LogP contribution in [-0.2, 0) is 5.60 Å². The van der Waals surface area contributed by atoms with Crippen LogP contribution in [0.15, 0.2) is 24.8 Å². The van der Waals surface area contributed by atoms with Gasteiger partial charge in [0.1, 0.15) is 5.60 Å². The minimum absolute atomic E-state index is 0.0477. The van der Waals surface area contributed by atoms with Crippen molar-refractivity contribution in [3.05, 3.63) is 36.2 Å². The molecule has 0 radical (unpaired) electrons. The van der Waals surface area contributed by atoms with E-state index < -0.39 is 5.60 Å². The van der Waals surface area contributed by atoms with Gasteiger partial charge < -0.3 is 5.11 Å². The van der Waals surface area contributed by atoms with Gasteiger partial charge in [-0.25, -0.2) is 0 Å². The van der Waals surface area contributed by atoms with Gasteiger partial charge in [-0.3, -0.25) is 4.98 Å². The van der Waals surface area contributed by atoms with E-state index >= 15 is 0 Å². The normalized spacial score (nSPS) is 39.5. The number of hydrogen-bond acceptors (Lipinski definition) is 2. The number of rotatable bonds is 2. The first-order valence-corrected chi connectivity index (χ1v) is 7.17. The molecule has 2 bridgehead atoms. The maximum absolute atomic E-state index is 11.6. The van der Waals surface area contributed by atoms with Crippen LogP contribution in [0.5, 0.6) is 0 Å². The van der Waals surface area contributed by atoms with Gasteiger partial charge in [0.15, 0.2) is 0 Å². The Morgan fingerprint density at radius 1 is 1.37 bits per heavy atom. The van der Waals surface area contributed by atoms with Gasteiger partial charge in [0.25, 0.3) is 0 Å². The number of aromatic nitrogens is 1. The van der Waals surface area contributed by atoms with Crippen LogP contribution in [0.2, 0.25) is 0 Å². The standard InChI is InChI=1S/C17H23NO/c1-5-13-7-6-8-14(18-13)17(19)15(2,3)12-9-10-16(17,4)11-12/h5-8,12,19H,1,9-11H2,2-4H3. The second-order valence-corrected chi connectivity index (χ2v) is 7.08. The topological polar surface area (TPSA) is 33.1 Å². The minimum atomic E-state index is -0.831. The van der Waals surface area contributed by atoms with Crippen LogP contribution in [0.25, 0.3) is 6.08 Å². The summed E-state index contributed by atoms with van der Waals surface area (Å²) in [5.74, 6) is 0.594. The lowest BCUT2D eigenvalue weighted by molar-refractivity contribution is -0.153. The van der Waals surface area contributed by atoms with Crippen LogP contribution >= 0.6 is 0 Å². The van der Waals surface area contributed by atoms with Gasteiger partial charge in [0, 0.05) is 10.8 Å². The van der Waals surface area contributed by atoms with E-state index in [4.69, 9.17) is 0 Å². The molecule has 1 aromatic heterocycles. The van der Waals surface area contributed by atoms with Crippen molar-refractivity contribution >= 4 is 6.08 Å². The molecule has 3 unspecified atom stereocenters. The summed E-state index contributed by atoms with van der Waals surface area (Å²) in [6.45, 7) is 10.4. The number of pyridine rings is 1. The SMILES string of the molecule is C=Cc1cccc(C2(O)C3(C)CCC(C3)C2(C)C)n1. The summed E-state index contributed by atoms with van der Waals surface area (Å²) in [5, 5.41) is 11.6. The Morgan fingerprint density at radius 3 is 2.68 bits per heavy atom. The van der Waals surface area contributed by atoms with Gasteiger partial charge in [-0.15, -0.1) is 0 Å². The van der Waals surface area contributed by atoms with Gasteiger partial charge in [-0.2, -0.15) is 0 Å². The minimum Gasteiger partial charge on any atom is -0.382 e. The summed E-state index contributed by atoms with van der Waals surface area (Å²) in [6, 6.07) is 5.88. The van der Waals surface area contributed by atoms with Gasteiger partial charge in [-0.1, -0.05) is 33.4 Å². The average molecular weight is 257 g/mol. The molecule has 0 spiro atoms. The first-order valence-electron chi connectivity index (χ1n) is 7.17. The zero-order valence-corrected chi connectivity index (χ0v) is 12.1. The predicted octanol–water partition coefficient (Wildman–Crippen LogP) is 3.76. The molecule has 2 fully saturated rings. The zero-order valence-electron chi connectivity index (χ0n) is 12.1. The molecule has 3 rings (SSSR count). The van der Waals surface area contributed by atoms with Gasteiger partial charge in [0.05, 0.1) is 11.4 Å². The molecule has 2 heteroatoms. The average Bonchev–Trinajstić information content (AvgIpc) is 2.87. The summed E-state index contributed by atoms with van der Waals surface area (Å²) >= 11 is 0. The van der Waals surface area contributed by atoms with Crippen molar-refractivity contribution in [3.63, 3.8) is 0 Å². The molecule has 0 aromatic carbocycles. The van der Waals surface area contributed by atoms with Crippen molar-refractivity contribution in [2.24, 2.45) is 16.7 Å². The van der Waals surface area contributed by atoms with Crippen LogP contribution in [0, 0.1) is 16.7 Å². The van der Waals surface area contributed by atoms with E-state index in [1.54, 1.807) is 6.08 Å². The van der Waals surface area contributed by atoms with Crippen molar-refractivity contribution in [1.29, 1.82) is 0 Å². The van der Waals surface area contributed by atoms with Crippen LogP contribution in [0.3, 0.4) is 0 Å². The Bertz CT molecular complexity index is 529. The van der Waals surface area contributed by atoms with E-state index in [9.17, 15) is 5.11 Å². The van der Waals surface area contributed by atoms with Crippen molar-refractivity contribution in [2.45, 2.75) is 45.6 Å². The Hall–Kier alpha value is -1.15. The highest BCUT2D eigenvalue weighted by molar-refractivity contribution is 5.43. The van der Waals surface area contributed by atoms with E-state index in [-0.39, 0.29) is 10.8 Å². The fourth-order valence-corrected chi connectivity index (χ4v) is 4.66. The molecule has 2 nitrogen and oxygen atoms in total. The van der Waals surface area contributed by atoms with Gasteiger partial charge in [-0.05, 0) is 43.4 Å². The third kappa shape index (κ3) is 1.38. The fourth-order valence-electron chi connectivity index (χ4n) is 4.66. The molecule has 0 amide bonds. The molecule has 0 aliphatic heterocycles. The first-order chi connectivity index (χ1) is 8.85. The molecule has 1 N–H and O–H groups in total. The second-order valence-electron chi connectivity index (χ2n) is 7.08. The largest absolute Gasteiger partial charge is 0.382 e. The Labute approximate surface area is 115 Å². The van der Waals surface area contributed by atoms with Crippen molar-refractivity contribution < 1.29 is 5.11 Å². The molecule has 1 aromatic rings. The third-order valence-electron chi connectivity index (χ3n) is 5.92. The molecule has 2 saturated carbocycles. The fraction of sp³-hybridized carbons (Fsp3) is 0.588. The molecule has 2 aliphatic carbocycles. The maximum atomic E-state index is 11.6. The van der Waals surface area contributed by atoms with Crippen molar-refractivity contribution in [2.75, 3.05) is 0 Å². The summed E-state index contributed by atoms with van der Waals surface area (Å²) in [5.41, 5.74) is 0.663. The number of aliphatic hydroxyl groups is 1. The highest BCUT2D eigenvalue weighted by Crippen LogP contribution is 2.71. The smallest absolute Gasteiger partial charge is 0.117 e. The Balaban J connectivity index is 2.18. The molecule has 1 heterocycles. The number of fused-ring (bicyclic) bond motifs is 2. The molecule has 0 saturated heterocycles. The third-order valence-corrected chi connectivity index (χ3v) is 5.92. The predicted molar refractivity (Wildman–Crippen MR) is 77.5 cm³/mol. The zero-order chi connectivity index (χ0) is 13.9. The summed E-state index contributed by atoms with van der Waals surface area (Å²) in [7, 11) is 0. The van der Waals surface area contributed by atoms with E-state index in [2.05, 4.69) is 32.3 Å². The highest BCUT2D eigenvalue weighted by atomic mass is 16.3. The number of hydrogen-bond donors (Lipinski definition) is 1. The van der Waals surface area contributed by atoms with E-state index in [1.807, 2.05) is 18.2 Å². The van der Waals surface area contributed by atoms with E-state index in [1.165, 1.54) is 6.42 Å². The lowest BCUT2D eigenvalue weighted by Gasteiger charge is -2.50. The van der Waals surface area contributed by atoms with Gasteiger partial charge in [0.2, 0.25) is 0 Å². The Kier molecular flexibility index (Phi) is 2.50. The number of nitrogens with zero attached hydrogens (tertiary/aromatic N) is 1. The maximum Gasteiger partial charge on any atom is 0.117 e. The van der Waals surface area contributed by atoms with Crippen LogP contribution < -0.4 is 0 Å². The monoisotopic (exact) mass is 257 g/mol. The van der Waals surface area contributed by atoms with E-state index in [0.29, 0.717) is 5.92 Å². The molecule has 19 heavy (non-hydrogen) atoms. The second kappa shape index (κ2) is 3.69. The summed E-state index contributed by atoms with van der Waals surface area (Å²) in [6.07, 6.45) is 5.18. The Morgan fingerprint density at radius 2 is 2.11 bits per heavy atom. The lowest BCUT2D eigenvalue weighted by Crippen LogP contribution is -2.51. The first kappa shape index (κ1) is 12.9. The quantitative estimate of drug-likeness (QED) is 0.875. The van der Waals surface area contributed by atoms with Crippen LogP contribution in [-0.4, -0.2) is 10.1 Å². The molecule has 2 aliphatic rings. The summed E-state index contributed by atoms with van der Waals surface area (Å²) < 4.78 is 0. The summed E-state index contributed by atoms with van der Waals surface area (Å²) in [4.78, 5) is 4.64. The molecule has 102 valence electrons. The lowest BCUT2D eigenvalue weighted by atomic mass is 9.59. The van der Waals surface area contributed by atoms with Crippen LogP contribution in [0.4, 0.5) is 0 Å². The van der Waals surface area contributed by atoms with Gasteiger partial charge >= 0.3 is 0 Å².